The maximum Gasteiger partial charge on any atom is 0.156 e. The van der Waals surface area contributed by atoms with Crippen molar-refractivity contribution in [2.45, 2.75) is 26.2 Å². The van der Waals surface area contributed by atoms with Crippen molar-refractivity contribution < 1.29 is 4.74 Å². The van der Waals surface area contributed by atoms with E-state index in [9.17, 15) is 0 Å². The monoisotopic (exact) mass is 154 g/mol. The molecule has 0 saturated carbocycles. The van der Waals surface area contributed by atoms with Crippen molar-refractivity contribution in [3.05, 3.63) is 12.4 Å². The number of H-pyrrole nitrogens is 1. The maximum atomic E-state index is 5.35. The molecule has 11 heavy (non-hydrogen) atoms. The van der Waals surface area contributed by atoms with Gasteiger partial charge in [0.1, 0.15) is 0 Å². The van der Waals surface area contributed by atoms with Crippen molar-refractivity contribution in [1.29, 1.82) is 0 Å². The van der Waals surface area contributed by atoms with Gasteiger partial charge in [0.25, 0.3) is 0 Å². The molecule has 0 aliphatic carbocycles. The number of aromatic amines is 1. The van der Waals surface area contributed by atoms with E-state index in [2.05, 4.69) is 17.1 Å². The minimum absolute atomic E-state index is 0.799. The first-order valence-electron chi connectivity index (χ1n) is 4.05. The van der Waals surface area contributed by atoms with E-state index in [1.165, 1.54) is 12.8 Å². The highest BCUT2D eigenvalue weighted by Crippen LogP contribution is 2.05. The van der Waals surface area contributed by atoms with E-state index < -0.39 is 0 Å². The summed E-state index contributed by atoms with van der Waals surface area (Å²) in [5.41, 5.74) is 0. The van der Waals surface area contributed by atoms with Crippen LogP contribution in [0.15, 0.2) is 12.4 Å². The largest absolute Gasteiger partial charge is 0.490 e. The number of ether oxygens (including phenoxy) is 1. The molecule has 3 heteroatoms. The van der Waals surface area contributed by atoms with Gasteiger partial charge in [-0.3, -0.25) is 5.10 Å². The van der Waals surface area contributed by atoms with Crippen LogP contribution < -0.4 is 4.74 Å². The van der Waals surface area contributed by atoms with Gasteiger partial charge >= 0.3 is 0 Å². The Balaban J connectivity index is 2.04. The standard InChI is InChI=1S/C8H14N2O/c1-2-3-4-5-11-8-6-9-10-7-8/h6-7H,2-5H2,1H3,(H,9,10). The average molecular weight is 154 g/mol. The van der Waals surface area contributed by atoms with Crippen LogP contribution >= 0.6 is 0 Å². The molecule has 62 valence electrons. The summed E-state index contributed by atoms with van der Waals surface area (Å²) in [6.45, 7) is 2.98. The Hall–Kier alpha value is -0.990. The Morgan fingerprint density at radius 3 is 3.09 bits per heavy atom. The second kappa shape index (κ2) is 4.77. The molecule has 3 nitrogen and oxygen atoms in total. The van der Waals surface area contributed by atoms with Crippen molar-refractivity contribution in [3.63, 3.8) is 0 Å². The van der Waals surface area contributed by atoms with Crippen molar-refractivity contribution in [1.82, 2.24) is 10.2 Å². The Morgan fingerprint density at radius 2 is 2.45 bits per heavy atom. The van der Waals surface area contributed by atoms with Gasteiger partial charge in [-0.05, 0) is 6.42 Å². The predicted octanol–water partition coefficient (Wildman–Crippen LogP) is 1.98. The first-order chi connectivity index (χ1) is 5.43. The smallest absolute Gasteiger partial charge is 0.156 e. The van der Waals surface area contributed by atoms with Gasteiger partial charge in [-0.2, -0.15) is 5.10 Å². The number of rotatable bonds is 5. The topological polar surface area (TPSA) is 37.9 Å². The van der Waals surface area contributed by atoms with E-state index in [-0.39, 0.29) is 0 Å². The maximum absolute atomic E-state index is 5.35. The molecular weight excluding hydrogens is 140 g/mol. The highest BCUT2D eigenvalue weighted by atomic mass is 16.5. The fourth-order valence-corrected chi connectivity index (χ4v) is 0.860. The van der Waals surface area contributed by atoms with Crippen molar-refractivity contribution in [2.75, 3.05) is 6.61 Å². The minimum atomic E-state index is 0.799. The molecule has 1 aromatic rings. The molecule has 0 saturated heterocycles. The number of hydrogen-bond acceptors (Lipinski definition) is 2. The Bertz CT molecular complexity index is 172. The Morgan fingerprint density at radius 1 is 1.55 bits per heavy atom. The zero-order chi connectivity index (χ0) is 7.94. The second-order valence-corrected chi connectivity index (χ2v) is 2.49. The highest BCUT2D eigenvalue weighted by molar-refractivity contribution is 5.09. The molecule has 0 amide bonds. The van der Waals surface area contributed by atoms with Crippen LogP contribution in [0.5, 0.6) is 5.75 Å². The number of unbranched alkanes of at least 4 members (excludes halogenated alkanes) is 2. The van der Waals surface area contributed by atoms with E-state index in [4.69, 9.17) is 4.74 Å². The van der Waals surface area contributed by atoms with Crippen LogP contribution in [-0.2, 0) is 0 Å². The van der Waals surface area contributed by atoms with E-state index in [1.54, 1.807) is 12.4 Å². The molecule has 1 N–H and O–H groups in total. The van der Waals surface area contributed by atoms with E-state index in [0.717, 1.165) is 18.8 Å². The van der Waals surface area contributed by atoms with Crippen LogP contribution in [0.3, 0.4) is 0 Å². The molecule has 0 atom stereocenters. The molecule has 0 aliphatic heterocycles. The third-order valence-corrected chi connectivity index (χ3v) is 1.49. The summed E-state index contributed by atoms with van der Waals surface area (Å²) in [7, 11) is 0. The van der Waals surface area contributed by atoms with E-state index in [0.29, 0.717) is 0 Å². The van der Waals surface area contributed by atoms with Gasteiger partial charge in [0, 0.05) is 0 Å². The second-order valence-electron chi connectivity index (χ2n) is 2.49. The lowest BCUT2D eigenvalue weighted by Crippen LogP contribution is -1.95. The van der Waals surface area contributed by atoms with Crippen LogP contribution in [0.2, 0.25) is 0 Å². The van der Waals surface area contributed by atoms with Gasteiger partial charge < -0.3 is 4.74 Å². The highest BCUT2D eigenvalue weighted by Gasteiger charge is 1.91. The molecule has 0 unspecified atom stereocenters. The van der Waals surface area contributed by atoms with Gasteiger partial charge in [0.05, 0.1) is 19.0 Å². The van der Waals surface area contributed by atoms with Crippen LogP contribution in [-0.4, -0.2) is 16.8 Å². The molecule has 0 bridgehead atoms. The molecule has 0 aromatic carbocycles. The lowest BCUT2D eigenvalue weighted by Gasteiger charge is -2.00. The Kier molecular flexibility index (Phi) is 3.52. The third kappa shape index (κ3) is 3.07. The first-order valence-corrected chi connectivity index (χ1v) is 4.05. The molecule has 0 radical (unpaired) electrons. The van der Waals surface area contributed by atoms with Crippen LogP contribution in [0.1, 0.15) is 26.2 Å². The number of nitrogens with zero attached hydrogens (tertiary/aromatic N) is 1. The Labute approximate surface area is 66.8 Å². The minimum Gasteiger partial charge on any atom is -0.490 e. The zero-order valence-corrected chi connectivity index (χ0v) is 6.84. The van der Waals surface area contributed by atoms with Crippen molar-refractivity contribution >= 4 is 0 Å². The fourth-order valence-electron chi connectivity index (χ4n) is 0.860. The summed E-state index contributed by atoms with van der Waals surface area (Å²) in [6.07, 6.45) is 7.03. The molecule has 1 aromatic heterocycles. The van der Waals surface area contributed by atoms with Crippen LogP contribution in [0.4, 0.5) is 0 Å². The SMILES string of the molecule is CCCCCOc1cn[nH]c1. The third-order valence-electron chi connectivity index (χ3n) is 1.49. The summed E-state index contributed by atoms with van der Waals surface area (Å²) in [5.74, 6) is 0.834. The normalized spacial score (nSPS) is 9.91. The number of aromatic nitrogens is 2. The quantitative estimate of drug-likeness (QED) is 0.658. The summed E-state index contributed by atoms with van der Waals surface area (Å²) < 4.78 is 5.35. The number of nitrogens with one attached hydrogen (secondary N) is 1. The van der Waals surface area contributed by atoms with Gasteiger partial charge in [0.2, 0.25) is 0 Å². The molecule has 1 rings (SSSR count). The van der Waals surface area contributed by atoms with E-state index in [1.807, 2.05) is 0 Å². The van der Waals surface area contributed by atoms with Gasteiger partial charge in [-0.25, -0.2) is 0 Å². The van der Waals surface area contributed by atoms with Crippen LogP contribution in [0.25, 0.3) is 0 Å². The fraction of sp³-hybridized carbons (Fsp3) is 0.625. The zero-order valence-electron chi connectivity index (χ0n) is 6.84. The van der Waals surface area contributed by atoms with Gasteiger partial charge in [-0.15, -0.1) is 0 Å². The number of hydrogen-bond donors (Lipinski definition) is 1. The van der Waals surface area contributed by atoms with E-state index >= 15 is 0 Å². The van der Waals surface area contributed by atoms with Crippen molar-refractivity contribution in [3.8, 4) is 5.75 Å². The molecule has 0 spiro atoms. The van der Waals surface area contributed by atoms with Gasteiger partial charge in [0.15, 0.2) is 5.75 Å². The average Bonchev–Trinajstić information content (AvgIpc) is 2.50. The summed E-state index contributed by atoms with van der Waals surface area (Å²) >= 11 is 0. The molecule has 1 heterocycles. The van der Waals surface area contributed by atoms with Crippen molar-refractivity contribution in [2.24, 2.45) is 0 Å². The molecule has 0 aliphatic rings. The molecular formula is C8H14N2O. The van der Waals surface area contributed by atoms with Gasteiger partial charge in [-0.1, -0.05) is 19.8 Å². The summed E-state index contributed by atoms with van der Waals surface area (Å²) in [6, 6.07) is 0. The first kappa shape index (κ1) is 8.11. The summed E-state index contributed by atoms with van der Waals surface area (Å²) in [5, 5.41) is 6.47. The lowest BCUT2D eigenvalue weighted by atomic mass is 10.3. The van der Waals surface area contributed by atoms with Crippen LogP contribution in [0, 0.1) is 0 Å². The summed E-state index contributed by atoms with van der Waals surface area (Å²) in [4.78, 5) is 0. The molecule has 0 fully saturated rings. The lowest BCUT2D eigenvalue weighted by molar-refractivity contribution is 0.306. The predicted molar refractivity (Wildman–Crippen MR) is 43.6 cm³/mol.